The van der Waals surface area contributed by atoms with Crippen molar-refractivity contribution in [2.75, 3.05) is 6.54 Å². The van der Waals surface area contributed by atoms with Gasteiger partial charge in [0.25, 0.3) is 0 Å². The first-order valence-electron chi connectivity index (χ1n) is 7.37. The van der Waals surface area contributed by atoms with Gasteiger partial charge in [-0.05, 0) is 60.4 Å². The normalized spacial score (nSPS) is 12.4. The molecule has 0 fully saturated rings. The van der Waals surface area contributed by atoms with Crippen LogP contribution < -0.4 is 10.1 Å². The molecule has 0 aliphatic rings. The zero-order chi connectivity index (χ0) is 15.2. The quantitative estimate of drug-likeness (QED) is 0.796. The average molecular weight is 352 g/mol. The summed E-state index contributed by atoms with van der Waals surface area (Å²) >= 11 is 3.58. The van der Waals surface area contributed by atoms with Crippen LogP contribution in [-0.2, 0) is 6.54 Å². The van der Waals surface area contributed by atoms with E-state index < -0.39 is 0 Å². The molecule has 1 aromatic heterocycles. The Morgan fingerprint density at radius 3 is 2.81 bits per heavy atom. The number of aryl methyl sites for hydroxylation is 1. The van der Waals surface area contributed by atoms with Gasteiger partial charge in [0, 0.05) is 12.6 Å². The molecule has 1 N–H and O–H groups in total. The lowest BCUT2D eigenvalue weighted by Crippen LogP contribution is -2.19. The van der Waals surface area contributed by atoms with Gasteiger partial charge < -0.3 is 10.1 Å². The van der Waals surface area contributed by atoms with Crippen LogP contribution in [0.15, 0.2) is 35.1 Å². The Kier molecular flexibility index (Phi) is 5.82. The fourth-order valence-corrected chi connectivity index (χ4v) is 2.52. The lowest BCUT2D eigenvalue weighted by atomic mass is 10.1. The minimum atomic E-state index is 0.332. The number of nitrogens with zero attached hydrogens (tertiary/aromatic N) is 2. The van der Waals surface area contributed by atoms with E-state index in [0.717, 1.165) is 35.5 Å². The second-order valence-corrected chi connectivity index (χ2v) is 5.85. The van der Waals surface area contributed by atoms with E-state index in [2.05, 4.69) is 52.3 Å². The Balaban J connectivity index is 2.08. The van der Waals surface area contributed by atoms with Crippen LogP contribution in [0, 0.1) is 0 Å². The van der Waals surface area contributed by atoms with Gasteiger partial charge in [-0.3, -0.25) is 4.68 Å². The van der Waals surface area contributed by atoms with E-state index in [0.29, 0.717) is 6.04 Å². The third-order valence-corrected chi connectivity index (χ3v) is 3.94. The zero-order valence-electron chi connectivity index (χ0n) is 12.8. The second kappa shape index (κ2) is 7.61. The molecule has 2 aromatic rings. The predicted octanol–water partition coefficient (Wildman–Crippen LogP) is 4.52. The Morgan fingerprint density at radius 2 is 2.19 bits per heavy atom. The maximum Gasteiger partial charge on any atom is 0.165 e. The highest BCUT2D eigenvalue weighted by atomic mass is 79.9. The van der Waals surface area contributed by atoms with Crippen molar-refractivity contribution < 1.29 is 4.74 Å². The molecule has 0 amide bonds. The van der Waals surface area contributed by atoms with E-state index in [1.54, 1.807) is 6.20 Å². The molecule has 1 aromatic carbocycles. The Bertz CT molecular complexity index is 583. The highest BCUT2D eigenvalue weighted by Gasteiger charge is 2.09. The molecular weight excluding hydrogens is 330 g/mol. The van der Waals surface area contributed by atoms with E-state index >= 15 is 0 Å². The SMILES string of the molecule is CCCNC(C)c1ccc(Oc2cnn(CC)c2)c(Br)c1. The molecule has 5 heteroatoms. The summed E-state index contributed by atoms with van der Waals surface area (Å²) in [5, 5.41) is 7.69. The first-order valence-corrected chi connectivity index (χ1v) is 8.16. The summed E-state index contributed by atoms with van der Waals surface area (Å²) in [6.07, 6.45) is 4.76. The topological polar surface area (TPSA) is 39.1 Å². The molecule has 1 unspecified atom stereocenters. The van der Waals surface area contributed by atoms with Crippen LogP contribution in [0.2, 0.25) is 0 Å². The van der Waals surface area contributed by atoms with Gasteiger partial charge in [-0.1, -0.05) is 13.0 Å². The van der Waals surface area contributed by atoms with Crippen molar-refractivity contribution in [1.82, 2.24) is 15.1 Å². The number of rotatable bonds is 7. The minimum absolute atomic E-state index is 0.332. The van der Waals surface area contributed by atoms with Crippen molar-refractivity contribution in [3.05, 3.63) is 40.6 Å². The van der Waals surface area contributed by atoms with Crippen LogP contribution in [0.3, 0.4) is 0 Å². The second-order valence-electron chi connectivity index (χ2n) is 5.00. The third kappa shape index (κ3) is 4.32. The van der Waals surface area contributed by atoms with Crippen LogP contribution in [0.4, 0.5) is 0 Å². The predicted molar refractivity (Wildman–Crippen MR) is 88.8 cm³/mol. The Morgan fingerprint density at radius 1 is 1.38 bits per heavy atom. The number of hydrogen-bond acceptors (Lipinski definition) is 3. The molecule has 0 aliphatic carbocycles. The van der Waals surface area contributed by atoms with Gasteiger partial charge in [-0.25, -0.2) is 0 Å². The monoisotopic (exact) mass is 351 g/mol. The molecule has 0 radical (unpaired) electrons. The molecule has 2 rings (SSSR count). The van der Waals surface area contributed by atoms with Gasteiger partial charge in [-0.15, -0.1) is 0 Å². The number of aromatic nitrogens is 2. The summed E-state index contributed by atoms with van der Waals surface area (Å²) in [6.45, 7) is 8.25. The van der Waals surface area contributed by atoms with Crippen LogP contribution in [-0.4, -0.2) is 16.3 Å². The minimum Gasteiger partial charge on any atom is -0.453 e. The lowest BCUT2D eigenvalue weighted by molar-refractivity contribution is 0.477. The van der Waals surface area contributed by atoms with Crippen LogP contribution >= 0.6 is 15.9 Å². The van der Waals surface area contributed by atoms with Crippen molar-refractivity contribution in [3.8, 4) is 11.5 Å². The molecule has 0 saturated carbocycles. The number of hydrogen-bond donors (Lipinski definition) is 1. The van der Waals surface area contributed by atoms with Gasteiger partial charge in [0.2, 0.25) is 0 Å². The van der Waals surface area contributed by atoms with Crippen molar-refractivity contribution >= 4 is 15.9 Å². The lowest BCUT2D eigenvalue weighted by Gasteiger charge is -2.15. The summed E-state index contributed by atoms with van der Waals surface area (Å²) < 4.78 is 8.65. The summed E-state index contributed by atoms with van der Waals surface area (Å²) in [6, 6.07) is 6.52. The van der Waals surface area contributed by atoms with Gasteiger partial charge in [0.1, 0.15) is 5.75 Å². The van der Waals surface area contributed by atoms with Gasteiger partial charge in [0.05, 0.1) is 16.9 Å². The Labute approximate surface area is 134 Å². The Hall–Kier alpha value is -1.33. The fourth-order valence-electron chi connectivity index (χ4n) is 2.05. The van der Waals surface area contributed by atoms with E-state index in [1.807, 2.05) is 23.9 Å². The maximum absolute atomic E-state index is 5.86. The van der Waals surface area contributed by atoms with E-state index in [-0.39, 0.29) is 0 Å². The van der Waals surface area contributed by atoms with E-state index in [4.69, 9.17) is 4.74 Å². The summed E-state index contributed by atoms with van der Waals surface area (Å²) in [4.78, 5) is 0. The molecule has 21 heavy (non-hydrogen) atoms. The van der Waals surface area contributed by atoms with Crippen LogP contribution in [0.5, 0.6) is 11.5 Å². The number of halogens is 1. The molecule has 0 spiro atoms. The van der Waals surface area contributed by atoms with Crippen molar-refractivity contribution in [2.24, 2.45) is 0 Å². The molecule has 0 bridgehead atoms. The molecule has 0 saturated heterocycles. The summed E-state index contributed by atoms with van der Waals surface area (Å²) in [5.41, 5.74) is 1.24. The molecular formula is C16H22BrN3O. The highest BCUT2D eigenvalue weighted by molar-refractivity contribution is 9.10. The number of nitrogens with one attached hydrogen (secondary N) is 1. The van der Waals surface area contributed by atoms with Gasteiger partial charge in [-0.2, -0.15) is 5.10 Å². The largest absolute Gasteiger partial charge is 0.453 e. The molecule has 4 nitrogen and oxygen atoms in total. The van der Waals surface area contributed by atoms with E-state index in [1.165, 1.54) is 5.56 Å². The van der Waals surface area contributed by atoms with Crippen LogP contribution in [0.1, 0.15) is 38.8 Å². The van der Waals surface area contributed by atoms with Gasteiger partial charge in [0.15, 0.2) is 5.75 Å². The first-order chi connectivity index (χ1) is 10.1. The molecule has 0 aliphatic heterocycles. The average Bonchev–Trinajstić information content (AvgIpc) is 2.94. The molecule has 1 heterocycles. The summed E-state index contributed by atoms with van der Waals surface area (Å²) in [5.74, 6) is 1.56. The van der Waals surface area contributed by atoms with Crippen molar-refractivity contribution in [1.29, 1.82) is 0 Å². The van der Waals surface area contributed by atoms with Crippen LogP contribution in [0.25, 0.3) is 0 Å². The van der Waals surface area contributed by atoms with Gasteiger partial charge >= 0.3 is 0 Å². The first kappa shape index (κ1) is 16.0. The summed E-state index contributed by atoms with van der Waals surface area (Å²) in [7, 11) is 0. The fraction of sp³-hybridized carbons (Fsp3) is 0.438. The molecule has 114 valence electrons. The highest BCUT2D eigenvalue weighted by Crippen LogP contribution is 2.31. The van der Waals surface area contributed by atoms with Crippen molar-refractivity contribution in [2.45, 2.75) is 39.8 Å². The smallest absolute Gasteiger partial charge is 0.165 e. The van der Waals surface area contributed by atoms with E-state index in [9.17, 15) is 0 Å². The number of benzene rings is 1. The molecule has 1 atom stereocenters. The maximum atomic E-state index is 5.86. The number of ether oxygens (including phenoxy) is 1. The van der Waals surface area contributed by atoms with Crippen molar-refractivity contribution in [3.63, 3.8) is 0 Å². The zero-order valence-corrected chi connectivity index (χ0v) is 14.4. The standard InChI is InChI=1S/C16H22BrN3O/c1-4-8-18-12(3)13-6-7-16(15(17)9-13)21-14-10-19-20(5-2)11-14/h6-7,9-12,18H,4-5,8H2,1-3H3. The third-order valence-electron chi connectivity index (χ3n) is 3.32.